The van der Waals surface area contributed by atoms with Crippen LogP contribution in [0.15, 0.2) is 0 Å². The van der Waals surface area contributed by atoms with Crippen molar-refractivity contribution in [3.8, 4) is 0 Å². The Hall–Kier alpha value is -2.87. The van der Waals surface area contributed by atoms with E-state index in [1.807, 2.05) is 0 Å². The van der Waals surface area contributed by atoms with Crippen molar-refractivity contribution >= 4 is 47.3 Å². The number of primary amides is 1. The highest BCUT2D eigenvalue weighted by atomic mass is 32.2. The number of hydrogen-bond acceptors (Lipinski definition) is 8. The van der Waals surface area contributed by atoms with Crippen molar-refractivity contribution < 1.29 is 39.0 Å². The predicted molar refractivity (Wildman–Crippen MR) is 129 cm³/mol. The minimum atomic E-state index is -1.28. The molecule has 0 aliphatic heterocycles. The van der Waals surface area contributed by atoms with E-state index >= 15 is 0 Å². The van der Waals surface area contributed by atoms with Gasteiger partial charge in [0.1, 0.15) is 18.1 Å². The Morgan fingerprint density at radius 1 is 0.857 bits per heavy atom. The van der Waals surface area contributed by atoms with E-state index in [2.05, 4.69) is 16.0 Å². The number of amides is 4. The Balaban J connectivity index is 5.56. The monoisotopic (exact) mass is 519 g/mol. The van der Waals surface area contributed by atoms with Crippen molar-refractivity contribution in [1.29, 1.82) is 0 Å². The fraction of sp³-hybridized carbons (Fsp3) is 0.714. The molecule has 0 aliphatic carbocycles. The van der Waals surface area contributed by atoms with Gasteiger partial charge in [-0.2, -0.15) is 11.8 Å². The molecule has 0 bridgehead atoms. The molecule has 5 unspecified atom stereocenters. The van der Waals surface area contributed by atoms with E-state index in [1.54, 1.807) is 20.1 Å². The van der Waals surface area contributed by atoms with E-state index in [-0.39, 0.29) is 38.0 Å². The number of nitrogens with one attached hydrogen (secondary N) is 3. The average molecular weight is 520 g/mol. The molecular formula is C21H37N5O8S. The van der Waals surface area contributed by atoms with E-state index in [9.17, 15) is 33.9 Å². The van der Waals surface area contributed by atoms with E-state index < -0.39 is 59.7 Å². The van der Waals surface area contributed by atoms with Crippen molar-refractivity contribution in [1.82, 2.24) is 16.0 Å². The van der Waals surface area contributed by atoms with Gasteiger partial charge in [0.15, 0.2) is 0 Å². The number of carbonyl (C=O) groups is 6. The number of rotatable bonds is 18. The van der Waals surface area contributed by atoms with Gasteiger partial charge < -0.3 is 37.6 Å². The summed E-state index contributed by atoms with van der Waals surface area (Å²) in [5, 5.41) is 25.5. The molecule has 0 saturated heterocycles. The van der Waals surface area contributed by atoms with Crippen LogP contribution in [0.25, 0.3) is 0 Å². The summed E-state index contributed by atoms with van der Waals surface area (Å²) < 4.78 is 0. The molecule has 0 heterocycles. The fourth-order valence-electron chi connectivity index (χ4n) is 2.95. The number of thioether (sulfide) groups is 1. The van der Waals surface area contributed by atoms with Gasteiger partial charge in [-0.1, -0.05) is 20.3 Å². The molecule has 35 heavy (non-hydrogen) atoms. The molecule has 0 aliphatic rings. The molecule has 4 amide bonds. The van der Waals surface area contributed by atoms with Gasteiger partial charge >= 0.3 is 11.9 Å². The summed E-state index contributed by atoms with van der Waals surface area (Å²) in [6.07, 6.45) is 1.50. The zero-order valence-electron chi connectivity index (χ0n) is 20.2. The van der Waals surface area contributed by atoms with Crippen LogP contribution >= 0.6 is 11.8 Å². The number of carbonyl (C=O) groups excluding carboxylic acids is 4. The van der Waals surface area contributed by atoms with Gasteiger partial charge in [-0.25, -0.2) is 4.79 Å². The Morgan fingerprint density at radius 2 is 1.46 bits per heavy atom. The maximum absolute atomic E-state index is 13.0. The first kappa shape index (κ1) is 32.1. The summed E-state index contributed by atoms with van der Waals surface area (Å²) in [6.45, 7) is 3.48. The number of aliphatic carboxylic acids is 2. The first-order chi connectivity index (χ1) is 16.3. The topological polar surface area (TPSA) is 231 Å². The van der Waals surface area contributed by atoms with Crippen molar-refractivity contribution in [3.05, 3.63) is 0 Å². The highest BCUT2D eigenvalue weighted by Gasteiger charge is 2.32. The standard InChI is InChI=1S/C21H37N5O8S/c1-4-11(2)17(20(32)25-14(21(33)34)9-10-35-3)26-19(31)13(6-7-15(23)27)24-18(30)12(22)5-8-16(28)29/h11-14,17H,4-10,22H2,1-3H3,(H2,23,27)(H,24,30)(H,25,32)(H,26,31)(H,28,29)(H,33,34). The minimum Gasteiger partial charge on any atom is -0.481 e. The third-order valence-electron chi connectivity index (χ3n) is 5.34. The van der Waals surface area contributed by atoms with Gasteiger partial charge in [-0.3, -0.25) is 24.0 Å². The summed E-state index contributed by atoms with van der Waals surface area (Å²) >= 11 is 1.42. The number of hydrogen-bond donors (Lipinski definition) is 7. The molecule has 0 aromatic heterocycles. The van der Waals surface area contributed by atoms with Crippen LogP contribution in [-0.2, 0) is 28.8 Å². The molecule has 5 atom stereocenters. The summed E-state index contributed by atoms with van der Waals surface area (Å²) in [4.78, 5) is 71.7. The zero-order valence-corrected chi connectivity index (χ0v) is 21.1. The number of nitrogens with two attached hydrogens (primary N) is 2. The van der Waals surface area contributed by atoms with Crippen LogP contribution in [0.1, 0.15) is 52.4 Å². The van der Waals surface area contributed by atoms with Crippen molar-refractivity contribution in [3.63, 3.8) is 0 Å². The summed E-state index contributed by atoms with van der Waals surface area (Å²) in [5.41, 5.74) is 10.9. The van der Waals surface area contributed by atoms with Gasteiger partial charge in [0, 0.05) is 12.8 Å². The summed E-state index contributed by atoms with van der Waals surface area (Å²) in [6, 6.07) is -4.75. The minimum absolute atomic E-state index is 0.171. The Labute approximate surface area is 208 Å². The van der Waals surface area contributed by atoms with E-state index in [1.165, 1.54) is 11.8 Å². The van der Waals surface area contributed by atoms with Crippen molar-refractivity contribution in [2.24, 2.45) is 17.4 Å². The van der Waals surface area contributed by atoms with Gasteiger partial charge in [-0.05, 0) is 37.2 Å². The predicted octanol–water partition coefficient (Wildman–Crippen LogP) is -1.22. The van der Waals surface area contributed by atoms with Crippen LogP contribution in [0, 0.1) is 5.92 Å². The first-order valence-electron chi connectivity index (χ1n) is 11.2. The van der Waals surface area contributed by atoms with Gasteiger partial charge in [-0.15, -0.1) is 0 Å². The Bertz CT molecular complexity index is 766. The fourth-order valence-corrected chi connectivity index (χ4v) is 3.43. The highest BCUT2D eigenvalue weighted by molar-refractivity contribution is 7.98. The SMILES string of the molecule is CCC(C)C(NC(=O)C(CCC(N)=O)NC(=O)C(N)CCC(=O)O)C(=O)NC(CCSC)C(=O)O. The van der Waals surface area contributed by atoms with E-state index in [0.29, 0.717) is 12.2 Å². The lowest BCUT2D eigenvalue weighted by Crippen LogP contribution is -2.58. The molecule has 13 nitrogen and oxygen atoms in total. The van der Waals surface area contributed by atoms with Crippen LogP contribution in [0.5, 0.6) is 0 Å². The molecule has 0 rings (SSSR count). The molecule has 0 radical (unpaired) electrons. The Morgan fingerprint density at radius 3 is 1.94 bits per heavy atom. The van der Waals surface area contributed by atoms with Crippen molar-refractivity contribution in [2.75, 3.05) is 12.0 Å². The molecule has 0 aromatic carbocycles. The molecule has 0 aromatic rings. The molecule has 0 fully saturated rings. The van der Waals surface area contributed by atoms with Crippen LogP contribution in [0.4, 0.5) is 0 Å². The summed E-state index contributed by atoms with van der Waals surface area (Å²) in [7, 11) is 0. The van der Waals surface area contributed by atoms with Crippen LogP contribution < -0.4 is 27.4 Å². The van der Waals surface area contributed by atoms with Gasteiger partial charge in [0.2, 0.25) is 23.6 Å². The lowest BCUT2D eigenvalue weighted by Gasteiger charge is -2.28. The van der Waals surface area contributed by atoms with Gasteiger partial charge in [0.25, 0.3) is 0 Å². The molecule has 14 heteroatoms. The Kier molecular flexibility index (Phi) is 15.3. The second-order valence-corrected chi connectivity index (χ2v) is 9.14. The molecule has 0 saturated carbocycles. The van der Waals surface area contributed by atoms with E-state index in [0.717, 1.165) is 0 Å². The third kappa shape index (κ3) is 13.0. The maximum Gasteiger partial charge on any atom is 0.326 e. The molecular weight excluding hydrogens is 482 g/mol. The third-order valence-corrected chi connectivity index (χ3v) is 5.98. The second kappa shape index (κ2) is 16.7. The van der Waals surface area contributed by atoms with Crippen molar-refractivity contribution in [2.45, 2.75) is 76.5 Å². The van der Waals surface area contributed by atoms with Gasteiger partial charge in [0.05, 0.1) is 6.04 Å². The first-order valence-corrected chi connectivity index (χ1v) is 12.6. The number of carboxylic acids is 2. The molecule has 200 valence electrons. The average Bonchev–Trinajstić information content (AvgIpc) is 2.79. The highest BCUT2D eigenvalue weighted by Crippen LogP contribution is 2.11. The zero-order chi connectivity index (χ0) is 27.1. The number of carboxylic acid groups (broad SMARTS) is 2. The lowest BCUT2D eigenvalue weighted by molar-refractivity contribution is -0.142. The van der Waals surface area contributed by atoms with Crippen LogP contribution in [0.2, 0.25) is 0 Å². The maximum atomic E-state index is 13.0. The van der Waals surface area contributed by atoms with Crippen LogP contribution in [0.3, 0.4) is 0 Å². The second-order valence-electron chi connectivity index (χ2n) is 8.16. The smallest absolute Gasteiger partial charge is 0.326 e. The molecule has 9 N–H and O–H groups in total. The summed E-state index contributed by atoms with van der Waals surface area (Å²) in [5.74, 6) is -5.24. The van der Waals surface area contributed by atoms with E-state index in [4.69, 9.17) is 16.6 Å². The quantitative estimate of drug-likeness (QED) is 0.114. The molecule has 0 spiro atoms. The normalized spacial score (nSPS) is 15.1. The lowest BCUT2D eigenvalue weighted by atomic mass is 9.97. The van der Waals surface area contributed by atoms with Crippen LogP contribution in [-0.4, -0.2) is 82.0 Å². The largest absolute Gasteiger partial charge is 0.481 e.